The van der Waals surface area contributed by atoms with Gasteiger partial charge in [-0.2, -0.15) is 11.8 Å². The number of hydrogen-bond acceptors (Lipinski definition) is 1. The van der Waals surface area contributed by atoms with Gasteiger partial charge < -0.3 is 0 Å². The van der Waals surface area contributed by atoms with E-state index in [1.54, 1.807) is 5.56 Å². The van der Waals surface area contributed by atoms with Crippen molar-refractivity contribution in [3.05, 3.63) is 34.9 Å². The fourth-order valence-electron chi connectivity index (χ4n) is 2.19. The number of thioether (sulfide) groups is 1. The molecule has 1 fully saturated rings. The standard InChI is InChI=1S/C13H17BrS/c1-9-4-3-5-10(2)12(9)6-11-7-15-8-13(11)14/h3-5,11,13H,6-8H2,1-2H3. The van der Waals surface area contributed by atoms with Gasteiger partial charge in [0.05, 0.1) is 0 Å². The van der Waals surface area contributed by atoms with Gasteiger partial charge in [-0.05, 0) is 48.6 Å². The van der Waals surface area contributed by atoms with Crippen LogP contribution in [0.5, 0.6) is 0 Å². The fourth-order valence-corrected chi connectivity index (χ4v) is 4.66. The molecule has 2 atom stereocenters. The van der Waals surface area contributed by atoms with Crippen molar-refractivity contribution in [3.8, 4) is 0 Å². The summed E-state index contributed by atoms with van der Waals surface area (Å²) < 4.78 is 0. The lowest BCUT2D eigenvalue weighted by molar-refractivity contribution is 0.612. The molecule has 0 saturated carbocycles. The second-order valence-corrected chi connectivity index (χ2v) is 6.64. The van der Waals surface area contributed by atoms with Crippen molar-refractivity contribution in [2.24, 2.45) is 5.92 Å². The zero-order valence-electron chi connectivity index (χ0n) is 9.29. The summed E-state index contributed by atoms with van der Waals surface area (Å²) in [5, 5.41) is 0. The topological polar surface area (TPSA) is 0 Å². The summed E-state index contributed by atoms with van der Waals surface area (Å²) >= 11 is 5.86. The molecule has 1 aromatic rings. The van der Waals surface area contributed by atoms with Gasteiger partial charge >= 0.3 is 0 Å². The Kier molecular flexibility index (Phi) is 3.78. The Morgan fingerprint density at radius 3 is 2.47 bits per heavy atom. The molecule has 0 bridgehead atoms. The summed E-state index contributed by atoms with van der Waals surface area (Å²) in [5.74, 6) is 3.40. The Hall–Kier alpha value is 0.0500. The molecule has 1 saturated heterocycles. The normalized spacial score (nSPS) is 25.8. The second-order valence-electron chi connectivity index (χ2n) is 4.39. The molecule has 2 heteroatoms. The van der Waals surface area contributed by atoms with E-state index in [-0.39, 0.29) is 0 Å². The van der Waals surface area contributed by atoms with Crippen molar-refractivity contribution in [2.45, 2.75) is 25.1 Å². The van der Waals surface area contributed by atoms with E-state index in [4.69, 9.17) is 0 Å². The van der Waals surface area contributed by atoms with Gasteiger partial charge in [-0.3, -0.25) is 0 Å². The molecular formula is C13H17BrS. The second kappa shape index (κ2) is 4.92. The highest BCUT2D eigenvalue weighted by molar-refractivity contribution is 9.09. The van der Waals surface area contributed by atoms with E-state index in [0.717, 1.165) is 5.92 Å². The third-order valence-electron chi connectivity index (χ3n) is 3.23. The van der Waals surface area contributed by atoms with E-state index < -0.39 is 0 Å². The zero-order valence-corrected chi connectivity index (χ0v) is 11.7. The zero-order chi connectivity index (χ0) is 10.8. The van der Waals surface area contributed by atoms with E-state index in [2.05, 4.69) is 59.7 Å². The lowest BCUT2D eigenvalue weighted by atomic mass is 9.92. The quantitative estimate of drug-likeness (QED) is 0.741. The Morgan fingerprint density at radius 2 is 1.93 bits per heavy atom. The lowest BCUT2D eigenvalue weighted by Crippen LogP contribution is -2.15. The van der Waals surface area contributed by atoms with Crippen LogP contribution in [0.2, 0.25) is 0 Å². The van der Waals surface area contributed by atoms with Crippen LogP contribution < -0.4 is 0 Å². The smallest absolute Gasteiger partial charge is 0.0275 e. The maximum absolute atomic E-state index is 3.79. The molecular weight excluding hydrogens is 268 g/mol. The van der Waals surface area contributed by atoms with E-state index in [1.807, 2.05) is 0 Å². The van der Waals surface area contributed by atoms with Crippen molar-refractivity contribution >= 4 is 27.7 Å². The number of rotatable bonds is 2. The van der Waals surface area contributed by atoms with Gasteiger partial charge in [0.25, 0.3) is 0 Å². The summed E-state index contributed by atoms with van der Waals surface area (Å²) in [6.07, 6.45) is 1.24. The first-order valence-corrected chi connectivity index (χ1v) is 7.52. The van der Waals surface area contributed by atoms with Crippen LogP contribution in [0.1, 0.15) is 16.7 Å². The number of benzene rings is 1. The van der Waals surface area contributed by atoms with Gasteiger partial charge in [0.2, 0.25) is 0 Å². The Morgan fingerprint density at radius 1 is 1.27 bits per heavy atom. The summed E-state index contributed by atoms with van der Waals surface area (Å²) in [7, 11) is 0. The molecule has 0 nitrogen and oxygen atoms in total. The molecule has 2 unspecified atom stereocenters. The van der Waals surface area contributed by atoms with Crippen LogP contribution in [0.4, 0.5) is 0 Å². The molecule has 0 radical (unpaired) electrons. The molecule has 0 amide bonds. The molecule has 2 rings (SSSR count). The first-order chi connectivity index (χ1) is 7.18. The number of halogens is 1. The molecule has 15 heavy (non-hydrogen) atoms. The van der Waals surface area contributed by atoms with Crippen LogP contribution in [0, 0.1) is 19.8 Å². The Labute approximate surface area is 105 Å². The molecule has 1 aliphatic rings. The van der Waals surface area contributed by atoms with Crippen LogP contribution >= 0.6 is 27.7 Å². The van der Waals surface area contributed by atoms with Gasteiger partial charge in [0.1, 0.15) is 0 Å². The first kappa shape index (κ1) is 11.5. The third kappa shape index (κ3) is 2.59. The summed E-state index contributed by atoms with van der Waals surface area (Å²) in [4.78, 5) is 0.710. The SMILES string of the molecule is Cc1cccc(C)c1CC1CSCC1Br. The summed E-state index contributed by atoms with van der Waals surface area (Å²) in [5.41, 5.74) is 4.47. The Bertz CT molecular complexity index is 328. The van der Waals surface area contributed by atoms with Gasteiger partial charge in [-0.1, -0.05) is 34.1 Å². The molecule has 82 valence electrons. The predicted molar refractivity (Wildman–Crippen MR) is 73.2 cm³/mol. The highest BCUT2D eigenvalue weighted by Gasteiger charge is 2.26. The molecule has 0 spiro atoms. The maximum atomic E-state index is 3.79. The van der Waals surface area contributed by atoms with Gasteiger partial charge in [-0.25, -0.2) is 0 Å². The monoisotopic (exact) mass is 284 g/mol. The van der Waals surface area contributed by atoms with Gasteiger partial charge in [-0.15, -0.1) is 0 Å². The van der Waals surface area contributed by atoms with Crippen LogP contribution in [0.25, 0.3) is 0 Å². The van der Waals surface area contributed by atoms with Crippen molar-refractivity contribution in [1.29, 1.82) is 0 Å². The lowest BCUT2D eigenvalue weighted by Gasteiger charge is -2.16. The minimum atomic E-state index is 0.710. The first-order valence-electron chi connectivity index (χ1n) is 5.45. The molecule has 1 heterocycles. The fraction of sp³-hybridized carbons (Fsp3) is 0.538. The predicted octanol–water partition coefficient (Wildman–Crippen LogP) is 3.97. The number of hydrogen-bond donors (Lipinski definition) is 0. The van der Waals surface area contributed by atoms with Crippen molar-refractivity contribution < 1.29 is 0 Å². The van der Waals surface area contributed by atoms with E-state index in [1.165, 1.54) is 29.1 Å². The van der Waals surface area contributed by atoms with E-state index in [0.29, 0.717) is 4.83 Å². The van der Waals surface area contributed by atoms with E-state index >= 15 is 0 Å². The van der Waals surface area contributed by atoms with Crippen molar-refractivity contribution in [2.75, 3.05) is 11.5 Å². The van der Waals surface area contributed by atoms with Gasteiger partial charge in [0.15, 0.2) is 0 Å². The Balaban J connectivity index is 2.16. The molecule has 0 aromatic heterocycles. The maximum Gasteiger partial charge on any atom is 0.0275 e. The third-order valence-corrected chi connectivity index (χ3v) is 5.99. The molecule has 1 aliphatic heterocycles. The van der Waals surface area contributed by atoms with E-state index in [9.17, 15) is 0 Å². The number of alkyl halides is 1. The van der Waals surface area contributed by atoms with Gasteiger partial charge in [0, 0.05) is 10.6 Å². The van der Waals surface area contributed by atoms with Crippen molar-refractivity contribution in [1.82, 2.24) is 0 Å². The highest BCUT2D eigenvalue weighted by atomic mass is 79.9. The van der Waals surface area contributed by atoms with Crippen LogP contribution in [-0.2, 0) is 6.42 Å². The van der Waals surface area contributed by atoms with Crippen LogP contribution in [-0.4, -0.2) is 16.3 Å². The van der Waals surface area contributed by atoms with Crippen LogP contribution in [0.3, 0.4) is 0 Å². The molecule has 0 aliphatic carbocycles. The largest absolute Gasteiger partial charge is 0.160 e. The van der Waals surface area contributed by atoms with Crippen molar-refractivity contribution in [3.63, 3.8) is 0 Å². The summed E-state index contributed by atoms with van der Waals surface area (Å²) in [6.45, 7) is 4.46. The average molecular weight is 285 g/mol. The minimum absolute atomic E-state index is 0.710. The summed E-state index contributed by atoms with van der Waals surface area (Å²) in [6, 6.07) is 6.62. The number of aryl methyl sites for hydroxylation is 2. The molecule has 0 N–H and O–H groups in total. The molecule has 1 aromatic carbocycles. The van der Waals surface area contributed by atoms with Crippen LogP contribution in [0.15, 0.2) is 18.2 Å². The average Bonchev–Trinajstić information content (AvgIpc) is 2.58. The highest BCUT2D eigenvalue weighted by Crippen LogP contribution is 2.33. The minimum Gasteiger partial charge on any atom is -0.160 e.